The summed E-state index contributed by atoms with van der Waals surface area (Å²) in [5.74, 6) is 1.45. The molecule has 0 bridgehead atoms. The van der Waals surface area contributed by atoms with Gasteiger partial charge in [0.05, 0.1) is 19.8 Å². The molecule has 0 aromatic heterocycles. The van der Waals surface area contributed by atoms with Crippen molar-refractivity contribution in [2.45, 2.75) is 39.2 Å². The summed E-state index contributed by atoms with van der Waals surface area (Å²) in [6, 6.07) is 19.1. The Hall–Kier alpha value is -3.18. The number of benzene rings is 3. The van der Waals surface area contributed by atoms with Crippen LogP contribution in [0.1, 0.15) is 30.9 Å². The monoisotopic (exact) mass is 468 g/mol. The number of carbonyl (C=O) groups is 1. The molecule has 3 rings (SSSR count). The van der Waals surface area contributed by atoms with Gasteiger partial charge in [0.15, 0.2) is 0 Å². The average Bonchev–Trinajstić information content (AvgIpc) is 2.79. The first-order chi connectivity index (χ1) is 15.9. The summed E-state index contributed by atoms with van der Waals surface area (Å²) in [6.45, 7) is 4.46. The molecule has 0 spiro atoms. The van der Waals surface area contributed by atoms with E-state index >= 15 is 0 Å². The normalized spacial score (nSPS) is 11.6. The molecule has 0 heterocycles. The second-order valence-corrected chi connectivity index (χ2v) is 8.32. The van der Waals surface area contributed by atoms with E-state index in [2.05, 4.69) is 0 Å². The molecule has 1 N–H and O–H groups in total. The van der Waals surface area contributed by atoms with Crippen molar-refractivity contribution in [3.05, 3.63) is 76.8 Å². The van der Waals surface area contributed by atoms with Gasteiger partial charge < -0.3 is 19.3 Å². The predicted molar refractivity (Wildman–Crippen MR) is 131 cm³/mol. The van der Waals surface area contributed by atoms with Crippen LogP contribution < -0.4 is 14.2 Å². The summed E-state index contributed by atoms with van der Waals surface area (Å²) in [5, 5.41) is 9.49. The van der Waals surface area contributed by atoms with Gasteiger partial charge in [-0.2, -0.15) is 0 Å². The van der Waals surface area contributed by atoms with E-state index in [1.807, 2.05) is 74.5 Å². The van der Waals surface area contributed by atoms with E-state index in [-0.39, 0.29) is 12.5 Å². The average molecular weight is 469 g/mol. The maximum absolute atomic E-state index is 10.8. The van der Waals surface area contributed by atoms with Crippen molar-refractivity contribution >= 4 is 17.6 Å². The Kier molecular flexibility index (Phi) is 8.61. The molecule has 0 fully saturated rings. The minimum Gasteiger partial charge on any atom is -0.496 e. The smallest absolute Gasteiger partial charge is 0.303 e. The zero-order chi connectivity index (χ0) is 23.8. The van der Waals surface area contributed by atoms with Crippen LogP contribution in [0.25, 0.3) is 11.1 Å². The first-order valence-electron chi connectivity index (χ1n) is 10.9. The van der Waals surface area contributed by atoms with Gasteiger partial charge in [0.1, 0.15) is 17.2 Å². The fourth-order valence-electron chi connectivity index (χ4n) is 3.58. The molecule has 1 atom stereocenters. The molecule has 33 heavy (non-hydrogen) atoms. The van der Waals surface area contributed by atoms with Crippen LogP contribution in [-0.2, 0) is 11.2 Å². The molecular weight excluding hydrogens is 440 g/mol. The van der Waals surface area contributed by atoms with Crippen LogP contribution >= 0.6 is 11.6 Å². The van der Waals surface area contributed by atoms with Gasteiger partial charge in [0.2, 0.25) is 0 Å². The van der Waals surface area contributed by atoms with Crippen LogP contribution in [0, 0.1) is 6.92 Å². The number of rotatable bonds is 11. The van der Waals surface area contributed by atoms with E-state index in [0.29, 0.717) is 24.5 Å². The van der Waals surface area contributed by atoms with E-state index in [9.17, 15) is 4.79 Å². The van der Waals surface area contributed by atoms with Gasteiger partial charge in [-0.25, -0.2) is 0 Å². The minimum absolute atomic E-state index is 0.0874. The Labute approximate surface area is 199 Å². The van der Waals surface area contributed by atoms with Crippen molar-refractivity contribution < 1.29 is 24.1 Å². The van der Waals surface area contributed by atoms with Gasteiger partial charge in [-0.15, -0.1) is 0 Å². The molecule has 6 heteroatoms. The molecule has 0 aliphatic rings. The maximum atomic E-state index is 10.8. The quantitative estimate of drug-likeness (QED) is 0.344. The van der Waals surface area contributed by atoms with Gasteiger partial charge in [0, 0.05) is 29.0 Å². The Morgan fingerprint density at radius 3 is 2.55 bits per heavy atom. The molecule has 0 saturated heterocycles. The van der Waals surface area contributed by atoms with Gasteiger partial charge in [-0.1, -0.05) is 35.9 Å². The third-order valence-corrected chi connectivity index (χ3v) is 5.62. The van der Waals surface area contributed by atoms with E-state index < -0.39 is 5.97 Å². The van der Waals surface area contributed by atoms with Crippen LogP contribution in [0.3, 0.4) is 0 Å². The summed E-state index contributed by atoms with van der Waals surface area (Å²) >= 11 is 6.26. The van der Waals surface area contributed by atoms with Crippen LogP contribution in [0.2, 0.25) is 5.02 Å². The minimum atomic E-state index is -0.793. The molecule has 0 radical (unpaired) electrons. The highest BCUT2D eigenvalue weighted by atomic mass is 35.5. The standard InChI is InChI=1S/C27H29ClO5/c1-18-16-22(11-8-20(18)9-13-27(29)30)32-15-14-19(2)33-26-12-10-21(28)17-24(26)23-6-4-5-7-25(23)31-3/h4-8,10-12,16-17,19H,9,13-15H2,1-3H3,(H,29,30)/t19-/m1/s1. The number of carboxylic acid groups (broad SMARTS) is 1. The van der Waals surface area contributed by atoms with E-state index in [1.165, 1.54) is 0 Å². The number of aryl methyl sites for hydroxylation is 2. The number of ether oxygens (including phenoxy) is 3. The Bertz CT molecular complexity index is 1100. The van der Waals surface area contributed by atoms with Gasteiger partial charge in [-0.3, -0.25) is 4.79 Å². The lowest BCUT2D eigenvalue weighted by atomic mass is 10.0. The van der Waals surface area contributed by atoms with Crippen molar-refractivity contribution in [2.75, 3.05) is 13.7 Å². The SMILES string of the molecule is COc1ccccc1-c1cc(Cl)ccc1O[C@H](C)CCOc1ccc(CCC(=O)O)c(C)c1. The highest BCUT2D eigenvalue weighted by Gasteiger charge is 2.14. The maximum Gasteiger partial charge on any atom is 0.303 e. The number of carboxylic acids is 1. The Balaban J connectivity index is 1.61. The first kappa shape index (κ1) is 24.5. The first-order valence-corrected chi connectivity index (χ1v) is 11.3. The van der Waals surface area contributed by atoms with Gasteiger partial charge in [-0.05, 0) is 67.8 Å². The summed E-state index contributed by atoms with van der Waals surface area (Å²) in [5.41, 5.74) is 3.84. The van der Waals surface area contributed by atoms with E-state index in [4.69, 9.17) is 30.9 Å². The number of aliphatic carboxylic acids is 1. The van der Waals surface area contributed by atoms with Crippen LogP contribution in [-0.4, -0.2) is 30.9 Å². The Morgan fingerprint density at radius 2 is 1.82 bits per heavy atom. The molecule has 5 nitrogen and oxygen atoms in total. The number of hydrogen-bond acceptors (Lipinski definition) is 4. The fraction of sp³-hybridized carbons (Fsp3) is 0.296. The molecule has 174 valence electrons. The zero-order valence-corrected chi connectivity index (χ0v) is 19.9. The molecule has 0 amide bonds. The lowest BCUT2D eigenvalue weighted by molar-refractivity contribution is -0.136. The van der Waals surface area contributed by atoms with Crippen LogP contribution in [0.5, 0.6) is 17.2 Å². The molecule has 0 saturated carbocycles. The summed E-state index contributed by atoms with van der Waals surface area (Å²) in [4.78, 5) is 10.8. The summed E-state index contributed by atoms with van der Waals surface area (Å²) in [7, 11) is 1.64. The van der Waals surface area contributed by atoms with Crippen molar-refractivity contribution in [1.82, 2.24) is 0 Å². The van der Waals surface area contributed by atoms with Crippen molar-refractivity contribution in [1.29, 1.82) is 0 Å². The highest BCUT2D eigenvalue weighted by Crippen LogP contribution is 2.38. The van der Waals surface area contributed by atoms with E-state index in [0.717, 1.165) is 39.5 Å². The molecule has 3 aromatic carbocycles. The largest absolute Gasteiger partial charge is 0.496 e. The molecule has 0 aliphatic carbocycles. The molecular formula is C27H29ClO5. The predicted octanol–water partition coefficient (Wildman–Crippen LogP) is 6.58. The molecule has 0 aliphatic heterocycles. The summed E-state index contributed by atoms with van der Waals surface area (Å²) < 4.78 is 17.7. The third-order valence-electron chi connectivity index (χ3n) is 5.38. The number of hydrogen-bond donors (Lipinski definition) is 1. The topological polar surface area (TPSA) is 65.0 Å². The van der Waals surface area contributed by atoms with Gasteiger partial charge in [0.25, 0.3) is 0 Å². The second-order valence-electron chi connectivity index (χ2n) is 7.89. The van der Waals surface area contributed by atoms with Crippen LogP contribution in [0.15, 0.2) is 60.7 Å². The second kappa shape index (κ2) is 11.6. The van der Waals surface area contributed by atoms with Crippen LogP contribution in [0.4, 0.5) is 0 Å². The number of methoxy groups -OCH3 is 1. The lowest BCUT2D eigenvalue weighted by Gasteiger charge is -2.19. The van der Waals surface area contributed by atoms with Gasteiger partial charge >= 0.3 is 5.97 Å². The van der Waals surface area contributed by atoms with Crippen molar-refractivity contribution in [2.24, 2.45) is 0 Å². The third kappa shape index (κ3) is 6.90. The molecule has 0 unspecified atom stereocenters. The van der Waals surface area contributed by atoms with Crippen molar-refractivity contribution in [3.63, 3.8) is 0 Å². The zero-order valence-electron chi connectivity index (χ0n) is 19.1. The number of para-hydroxylation sites is 1. The lowest BCUT2D eigenvalue weighted by Crippen LogP contribution is -2.16. The van der Waals surface area contributed by atoms with Crippen molar-refractivity contribution in [3.8, 4) is 28.4 Å². The molecule has 3 aromatic rings. The fourth-order valence-corrected chi connectivity index (χ4v) is 3.75. The number of halogens is 1. The van der Waals surface area contributed by atoms with E-state index in [1.54, 1.807) is 7.11 Å². The summed E-state index contributed by atoms with van der Waals surface area (Å²) in [6.07, 6.45) is 1.24. The highest BCUT2D eigenvalue weighted by molar-refractivity contribution is 6.31. The Morgan fingerprint density at radius 1 is 1.03 bits per heavy atom.